The summed E-state index contributed by atoms with van der Waals surface area (Å²) >= 11 is 0. The van der Waals surface area contributed by atoms with Crippen LogP contribution in [0.4, 0.5) is 19.1 Å². The molecule has 2 aromatic carbocycles. The Labute approximate surface area is 267 Å². The maximum absolute atomic E-state index is 13.2. The molecule has 3 heterocycles. The quantitative estimate of drug-likeness (QED) is 0.168. The van der Waals surface area contributed by atoms with Crippen molar-refractivity contribution in [2.75, 3.05) is 31.2 Å². The van der Waals surface area contributed by atoms with Crippen LogP contribution < -0.4 is 9.64 Å². The number of ether oxygens (including phenoxy) is 2. The van der Waals surface area contributed by atoms with E-state index in [0.717, 1.165) is 34.8 Å². The number of carbonyl (C=O) groups is 1. The molecule has 0 aliphatic carbocycles. The van der Waals surface area contributed by atoms with Crippen molar-refractivity contribution in [1.29, 1.82) is 0 Å². The zero-order chi connectivity index (χ0) is 33.1. The van der Waals surface area contributed by atoms with E-state index in [-0.39, 0.29) is 36.4 Å². The number of oxazole rings is 1. The van der Waals surface area contributed by atoms with Gasteiger partial charge in [-0.15, -0.1) is 0 Å². The van der Waals surface area contributed by atoms with Gasteiger partial charge in [-0.25, -0.2) is 15.0 Å². The van der Waals surface area contributed by atoms with E-state index in [4.69, 9.17) is 18.9 Å². The summed E-state index contributed by atoms with van der Waals surface area (Å²) < 4.78 is 57.0. The lowest BCUT2D eigenvalue weighted by Crippen LogP contribution is -2.27. The minimum atomic E-state index is -4.59. The number of alkyl halides is 3. The fourth-order valence-corrected chi connectivity index (χ4v) is 5.60. The van der Waals surface area contributed by atoms with E-state index in [1.54, 1.807) is 11.8 Å². The van der Waals surface area contributed by atoms with E-state index in [2.05, 4.69) is 42.9 Å². The molecular weight excluding hydrogens is 597 g/mol. The predicted octanol–water partition coefficient (Wildman–Crippen LogP) is 7.24. The van der Waals surface area contributed by atoms with Gasteiger partial charge in [0.15, 0.2) is 0 Å². The number of anilines is 1. The molecule has 1 saturated heterocycles. The molecule has 1 aliphatic heterocycles. The van der Waals surface area contributed by atoms with Crippen LogP contribution in [0.3, 0.4) is 0 Å². The first-order valence-corrected chi connectivity index (χ1v) is 15.4. The number of rotatable bonds is 10. The Morgan fingerprint density at radius 3 is 2.37 bits per heavy atom. The zero-order valence-electron chi connectivity index (χ0n) is 26.7. The Morgan fingerprint density at radius 1 is 1.00 bits per heavy atom. The molecule has 2 atom stereocenters. The number of esters is 1. The molecule has 244 valence electrons. The second kappa shape index (κ2) is 13.5. The van der Waals surface area contributed by atoms with Crippen molar-refractivity contribution in [2.24, 2.45) is 11.8 Å². The number of nitrogens with zero attached hydrogens (tertiary/aromatic N) is 4. The Balaban J connectivity index is 1.19. The minimum absolute atomic E-state index is 0.0525. The standard InChI is InChI=1S/C35H39F3N4O4/c1-6-44-32(43)28-21-42(33-39-17-15-30(41-33)35(36,37)38)20-25(28)19-23-7-13-27(14-8-23)45-18-16-29-22(2)46-31(40-29)24-9-11-26(12-10-24)34(3,4)5/h7-15,17,25,28H,6,16,18-21H2,1-5H3/t25-,28-/m1/s1. The summed E-state index contributed by atoms with van der Waals surface area (Å²) in [5.74, 6) is 0.877. The van der Waals surface area contributed by atoms with Crippen molar-refractivity contribution in [3.63, 3.8) is 0 Å². The molecule has 8 nitrogen and oxygen atoms in total. The number of carbonyl (C=O) groups excluding carboxylic acids is 1. The maximum atomic E-state index is 13.2. The van der Waals surface area contributed by atoms with E-state index in [0.29, 0.717) is 37.6 Å². The molecule has 46 heavy (non-hydrogen) atoms. The maximum Gasteiger partial charge on any atom is 0.433 e. The number of aromatic nitrogens is 3. The largest absolute Gasteiger partial charge is 0.493 e. The van der Waals surface area contributed by atoms with Gasteiger partial charge in [0.2, 0.25) is 11.8 Å². The molecule has 0 spiro atoms. The molecule has 1 aliphatic rings. The SMILES string of the molecule is CCOC(=O)[C@@H]1CN(c2nccc(C(F)(F)F)n2)C[C@H]1Cc1ccc(OCCc2nc(-c3ccc(C(C)(C)C)cc3)oc2C)cc1. The molecule has 4 aromatic rings. The number of aryl methyl sites for hydroxylation is 1. The highest BCUT2D eigenvalue weighted by Crippen LogP contribution is 2.33. The molecule has 5 rings (SSSR count). The topological polar surface area (TPSA) is 90.6 Å². The molecule has 1 fully saturated rings. The summed E-state index contributed by atoms with van der Waals surface area (Å²) in [6.07, 6.45) is -2.40. The lowest BCUT2D eigenvalue weighted by Gasteiger charge is -2.18. The van der Waals surface area contributed by atoms with Crippen LogP contribution in [-0.2, 0) is 34.0 Å². The summed E-state index contributed by atoms with van der Waals surface area (Å²) in [5.41, 5.74) is 3.03. The fourth-order valence-electron chi connectivity index (χ4n) is 5.60. The predicted molar refractivity (Wildman–Crippen MR) is 168 cm³/mol. The van der Waals surface area contributed by atoms with Crippen molar-refractivity contribution < 1.29 is 31.9 Å². The highest BCUT2D eigenvalue weighted by molar-refractivity contribution is 5.74. The monoisotopic (exact) mass is 636 g/mol. The Kier molecular flexibility index (Phi) is 9.69. The lowest BCUT2D eigenvalue weighted by molar-refractivity contribution is -0.148. The van der Waals surface area contributed by atoms with Gasteiger partial charge in [0.05, 0.1) is 24.8 Å². The van der Waals surface area contributed by atoms with Crippen LogP contribution >= 0.6 is 0 Å². The summed E-state index contributed by atoms with van der Waals surface area (Å²) in [6, 6.07) is 16.7. The smallest absolute Gasteiger partial charge is 0.433 e. The molecule has 2 aromatic heterocycles. The molecule has 0 bridgehead atoms. The highest BCUT2D eigenvalue weighted by atomic mass is 19.4. The molecule has 0 saturated carbocycles. The van der Waals surface area contributed by atoms with E-state index in [1.165, 1.54) is 5.56 Å². The summed E-state index contributed by atoms with van der Waals surface area (Å²) in [6.45, 7) is 11.3. The molecular formula is C35H39F3N4O4. The second-order valence-electron chi connectivity index (χ2n) is 12.6. The van der Waals surface area contributed by atoms with Crippen LogP contribution in [0.1, 0.15) is 56.0 Å². The van der Waals surface area contributed by atoms with E-state index < -0.39 is 17.8 Å². The van der Waals surface area contributed by atoms with Crippen molar-refractivity contribution in [3.8, 4) is 17.2 Å². The van der Waals surface area contributed by atoms with Crippen molar-refractivity contribution >= 4 is 11.9 Å². The van der Waals surface area contributed by atoms with Crippen molar-refractivity contribution in [2.45, 2.75) is 59.1 Å². The molecule has 0 N–H and O–H groups in total. The van der Waals surface area contributed by atoms with Gasteiger partial charge in [-0.2, -0.15) is 13.2 Å². The first-order valence-electron chi connectivity index (χ1n) is 15.4. The molecule has 0 amide bonds. The Bertz CT molecular complexity index is 1630. The van der Waals surface area contributed by atoms with Gasteiger partial charge < -0.3 is 18.8 Å². The molecule has 11 heteroatoms. The average Bonchev–Trinajstić information content (AvgIpc) is 3.61. The number of hydrogen-bond acceptors (Lipinski definition) is 8. The van der Waals surface area contributed by atoms with E-state index in [9.17, 15) is 18.0 Å². The van der Waals surface area contributed by atoms with Crippen molar-refractivity contribution in [3.05, 3.63) is 89.1 Å². The first-order chi connectivity index (χ1) is 21.8. The van der Waals surface area contributed by atoms with Crippen LogP contribution in [0.2, 0.25) is 0 Å². The molecule has 0 unspecified atom stereocenters. The zero-order valence-corrected chi connectivity index (χ0v) is 26.7. The fraction of sp³-hybridized carbons (Fsp3) is 0.429. The third kappa shape index (κ3) is 7.86. The van der Waals surface area contributed by atoms with Crippen LogP contribution in [-0.4, -0.2) is 47.2 Å². The normalized spacial score (nSPS) is 16.9. The van der Waals surface area contributed by atoms with Gasteiger partial charge in [-0.3, -0.25) is 4.79 Å². The third-order valence-electron chi connectivity index (χ3n) is 8.17. The lowest BCUT2D eigenvalue weighted by atomic mass is 9.87. The average molecular weight is 637 g/mol. The second-order valence-corrected chi connectivity index (χ2v) is 12.6. The number of benzene rings is 2. The Hall–Kier alpha value is -4.41. The van der Waals surface area contributed by atoms with Gasteiger partial charge >= 0.3 is 12.1 Å². The number of halogens is 3. The highest BCUT2D eigenvalue weighted by Gasteiger charge is 2.40. The third-order valence-corrected chi connectivity index (χ3v) is 8.17. The van der Waals surface area contributed by atoms with Crippen LogP contribution in [0.25, 0.3) is 11.5 Å². The van der Waals surface area contributed by atoms with Crippen molar-refractivity contribution in [1.82, 2.24) is 15.0 Å². The first kappa shape index (κ1) is 33.0. The number of hydrogen-bond donors (Lipinski definition) is 0. The van der Waals surface area contributed by atoms with Crippen LogP contribution in [0.15, 0.2) is 65.2 Å². The van der Waals surface area contributed by atoms with Gasteiger partial charge in [0.1, 0.15) is 17.2 Å². The summed E-state index contributed by atoms with van der Waals surface area (Å²) in [5, 5.41) is 0. The molecule has 0 radical (unpaired) electrons. The minimum Gasteiger partial charge on any atom is -0.493 e. The van der Waals surface area contributed by atoms with Gasteiger partial charge in [-0.1, -0.05) is 45.0 Å². The van der Waals surface area contributed by atoms with E-state index in [1.807, 2.05) is 43.3 Å². The Morgan fingerprint density at radius 2 is 1.72 bits per heavy atom. The van der Waals surface area contributed by atoms with Gasteiger partial charge in [0, 0.05) is 31.3 Å². The van der Waals surface area contributed by atoms with Gasteiger partial charge in [0.25, 0.3) is 0 Å². The summed E-state index contributed by atoms with van der Waals surface area (Å²) in [7, 11) is 0. The van der Waals surface area contributed by atoms with Crippen LogP contribution in [0.5, 0.6) is 5.75 Å². The van der Waals surface area contributed by atoms with Gasteiger partial charge in [-0.05, 0) is 73.1 Å². The van der Waals surface area contributed by atoms with E-state index >= 15 is 0 Å². The van der Waals surface area contributed by atoms with Crippen LogP contribution in [0, 0.1) is 18.8 Å². The summed E-state index contributed by atoms with van der Waals surface area (Å²) in [4.78, 5) is 26.9.